The molecule has 0 radical (unpaired) electrons. The molecular formula is C19H17ClO7. The van der Waals surface area contributed by atoms with E-state index < -0.39 is 23.8 Å². The van der Waals surface area contributed by atoms with E-state index in [1.807, 2.05) is 48.5 Å². The van der Waals surface area contributed by atoms with Gasteiger partial charge in [-0.3, -0.25) is 9.59 Å². The smallest absolute Gasteiger partial charge is 0.414 e. The Hall–Kier alpha value is -3.19. The number of hydrogen-bond donors (Lipinski definition) is 2. The van der Waals surface area contributed by atoms with Crippen LogP contribution < -0.4 is 0 Å². The van der Waals surface area contributed by atoms with Gasteiger partial charge in [0.2, 0.25) is 0 Å². The number of carbonyl (C=O) groups is 4. The summed E-state index contributed by atoms with van der Waals surface area (Å²) in [5.74, 6) is -4.47. The lowest BCUT2D eigenvalue weighted by atomic mass is 9.97. The number of carbonyl (C=O) groups excluding carboxylic acids is 2. The van der Waals surface area contributed by atoms with E-state index in [0.29, 0.717) is 11.3 Å². The summed E-state index contributed by atoms with van der Waals surface area (Å²) >= 11 is 6.16. The Morgan fingerprint density at radius 1 is 1.04 bits per heavy atom. The van der Waals surface area contributed by atoms with Gasteiger partial charge in [-0.2, -0.15) is 0 Å². The molecule has 2 rings (SSSR count). The highest BCUT2D eigenvalue weighted by atomic mass is 35.5. The minimum atomic E-state index is -1.82. The van der Waals surface area contributed by atoms with Crippen LogP contribution in [0.1, 0.15) is 18.4 Å². The maximum Gasteiger partial charge on any atom is 0.414 e. The van der Waals surface area contributed by atoms with E-state index in [4.69, 9.17) is 36.1 Å². The molecule has 8 heteroatoms. The first-order chi connectivity index (χ1) is 12.8. The molecule has 0 bridgehead atoms. The maximum atomic E-state index is 11.7. The third-order valence-corrected chi connectivity index (χ3v) is 3.76. The Labute approximate surface area is 160 Å². The standard InChI is InChI=1S/C17H15ClO3.C2H2O4/c1-12(17(20)21-11-10-19)13-6-8-14(9-7-13)15-4-2-3-5-16(15)18;3-1(4)2(5)6/h2-10,12H,11H2,1H3;(H,3,4)(H,5,6). The third kappa shape index (κ3) is 6.91. The van der Waals surface area contributed by atoms with Crippen LogP contribution in [0.5, 0.6) is 0 Å². The molecule has 27 heavy (non-hydrogen) atoms. The highest BCUT2D eigenvalue weighted by Crippen LogP contribution is 2.28. The quantitative estimate of drug-likeness (QED) is 0.456. The SMILES string of the molecule is CC(C(=O)OCC=O)c1ccc(-c2ccccc2Cl)cc1.O=C(O)C(=O)O. The van der Waals surface area contributed by atoms with Crippen LogP contribution in [0, 0.1) is 0 Å². The normalized spacial score (nSPS) is 10.7. The topological polar surface area (TPSA) is 118 Å². The van der Waals surface area contributed by atoms with Gasteiger partial charge in [-0.25, -0.2) is 9.59 Å². The number of carboxylic acids is 2. The molecule has 0 aromatic heterocycles. The molecule has 0 saturated heterocycles. The van der Waals surface area contributed by atoms with E-state index in [9.17, 15) is 9.59 Å². The van der Waals surface area contributed by atoms with Crippen LogP contribution >= 0.6 is 11.6 Å². The summed E-state index contributed by atoms with van der Waals surface area (Å²) in [6.45, 7) is 1.54. The van der Waals surface area contributed by atoms with Crippen LogP contribution in [0.3, 0.4) is 0 Å². The van der Waals surface area contributed by atoms with Crippen molar-refractivity contribution in [1.82, 2.24) is 0 Å². The Bertz CT molecular complexity index is 803. The first kappa shape index (κ1) is 21.9. The van der Waals surface area contributed by atoms with E-state index in [0.717, 1.165) is 16.7 Å². The number of halogens is 1. The van der Waals surface area contributed by atoms with Gasteiger partial charge in [0, 0.05) is 10.6 Å². The van der Waals surface area contributed by atoms with Gasteiger partial charge in [-0.15, -0.1) is 0 Å². The van der Waals surface area contributed by atoms with Gasteiger partial charge in [0.1, 0.15) is 6.61 Å². The van der Waals surface area contributed by atoms with Crippen molar-refractivity contribution in [1.29, 1.82) is 0 Å². The van der Waals surface area contributed by atoms with Gasteiger partial charge >= 0.3 is 17.9 Å². The third-order valence-electron chi connectivity index (χ3n) is 3.43. The fraction of sp³-hybridized carbons (Fsp3) is 0.158. The van der Waals surface area contributed by atoms with Crippen molar-refractivity contribution in [3.8, 4) is 11.1 Å². The average molecular weight is 393 g/mol. The molecular weight excluding hydrogens is 376 g/mol. The zero-order valence-corrected chi connectivity index (χ0v) is 15.1. The second-order valence-corrected chi connectivity index (χ2v) is 5.64. The van der Waals surface area contributed by atoms with E-state index in [1.54, 1.807) is 6.92 Å². The summed E-state index contributed by atoms with van der Waals surface area (Å²) in [5.41, 5.74) is 2.77. The molecule has 0 spiro atoms. The van der Waals surface area contributed by atoms with Crippen molar-refractivity contribution < 1.29 is 34.1 Å². The van der Waals surface area contributed by atoms with Gasteiger partial charge in [-0.1, -0.05) is 54.1 Å². The largest absolute Gasteiger partial charge is 0.473 e. The van der Waals surface area contributed by atoms with Crippen LogP contribution in [-0.2, 0) is 23.9 Å². The molecule has 0 amide bonds. The predicted octanol–water partition coefficient (Wildman–Crippen LogP) is 3.01. The zero-order chi connectivity index (χ0) is 20.4. The van der Waals surface area contributed by atoms with Crippen LogP contribution in [-0.4, -0.2) is 41.0 Å². The number of ether oxygens (including phenoxy) is 1. The maximum absolute atomic E-state index is 11.7. The molecule has 0 aliphatic rings. The van der Waals surface area contributed by atoms with Crippen molar-refractivity contribution in [2.75, 3.05) is 6.61 Å². The summed E-state index contributed by atoms with van der Waals surface area (Å²) in [6.07, 6.45) is 0.561. The molecule has 2 aromatic carbocycles. The van der Waals surface area contributed by atoms with Crippen molar-refractivity contribution in [3.63, 3.8) is 0 Å². The number of aliphatic carboxylic acids is 2. The van der Waals surface area contributed by atoms with E-state index in [2.05, 4.69) is 0 Å². The first-order valence-electron chi connectivity index (χ1n) is 7.69. The number of carboxylic acid groups (broad SMARTS) is 2. The van der Waals surface area contributed by atoms with E-state index in [1.165, 1.54) is 0 Å². The summed E-state index contributed by atoms with van der Waals surface area (Å²) in [4.78, 5) is 40.1. The second kappa shape index (κ2) is 10.7. The number of benzene rings is 2. The number of aldehydes is 1. The van der Waals surface area contributed by atoms with Crippen LogP contribution in [0.2, 0.25) is 5.02 Å². The minimum absolute atomic E-state index is 0.207. The Kier molecular flexibility index (Phi) is 8.68. The number of rotatable bonds is 5. The molecule has 142 valence electrons. The molecule has 1 unspecified atom stereocenters. The molecule has 0 aliphatic heterocycles. The van der Waals surface area contributed by atoms with Gasteiger partial charge in [0.15, 0.2) is 6.29 Å². The Balaban J connectivity index is 0.000000527. The molecule has 1 atom stereocenters. The number of esters is 1. The van der Waals surface area contributed by atoms with Crippen molar-refractivity contribution in [2.45, 2.75) is 12.8 Å². The lowest BCUT2D eigenvalue weighted by Crippen LogP contribution is -2.14. The predicted molar refractivity (Wildman–Crippen MR) is 97.6 cm³/mol. The highest BCUT2D eigenvalue weighted by molar-refractivity contribution is 6.33. The highest BCUT2D eigenvalue weighted by Gasteiger charge is 2.16. The average Bonchev–Trinajstić information content (AvgIpc) is 2.66. The van der Waals surface area contributed by atoms with Gasteiger partial charge in [0.25, 0.3) is 0 Å². The lowest BCUT2D eigenvalue weighted by Gasteiger charge is -2.11. The van der Waals surface area contributed by atoms with Crippen LogP contribution in [0.4, 0.5) is 0 Å². The Morgan fingerprint density at radius 3 is 2.07 bits per heavy atom. The number of hydrogen-bond acceptors (Lipinski definition) is 5. The molecule has 2 aromatic rings. The Morgan fingerprint density at radius 2 is 1.59 bits per heavy atom. The van der Waals surface area contributed by atoms with E-state index in [-0.39, 0.29) is 6.61 Å². The van der Waals surface area contributed by atoms with Gasteiger partial charge in [0.05, 0.1) is 5.92 Å². The fourth-order valence-electron chi connectivity index (χ4n) is 2.02. The summed E-state index contributed by atoms with van der Waals surface area (Å²) in [5, 5.41) is 15.5. The molecule has 7 nitrogen and oxygen atoms in total. The fourth-order valence-corrected chi connectivity index (χ4v) is 2.27. The molecule has 0 saturated carbocycles. The van der Waals surface area contributed by atoms with Crippen molar-refractivity contribution in [3.05, 3.63) is 59.1 Å². The zero-order valence-electron chi connectivity index (χ0n) is 14.3. The minimum Gasteiger partial charge on any atom is -0.473 e. The van der Waals surface area contributed by atoms with Crippen LogP contribution in [0.25, 0.3) is 11.1 Å². The summed E-state index contributed by atoms with van der Waals surface area (Å²) in [7, 11) is 0. The molecule has 0 fully saturated rings. The van der Waals surface area contributed by atoms with E-state index >= 15 is 0 Å². The lowest BCUT2D eigenvalue weighted by molar-refractivity contribution is -0.159. The van der Waals surface area contributed by atoms with Gasteiger partial charge < -0.3 is 14.9 Å². The summed E-state index contributed by atoms with van der Waals surface area (Å²) < 4.78 is 4.81. The molecule has 0 heterocycles. The molecule has 2 N–H and O–H groups in total. The van der Waals surface area contributed by atoms with Gasteiger partial charge in [-0.05, 0) is 24.1 Å². The monoisotopic (exact) mass is 392 g/mol. The first-order valence-corrected chi connectivity index (χ1v) is 8.07. The molecule has 0 aliphatic carbocycles. The van der Waals surface area contributed by atoms with Crippen molar-refractivity contribution >= 4 is 35.8 Å². The summed E-state index contributed by atoms with van der Waals surface area (Å²) in [6, 6.07) is 15.2. The second-order valence-electron chi connectivity index (χ2n) is 5.23. The van der Waals surface area contributed by atoms with Crippen LogP contribution in [0.15, 0.2) is 48.5 Å². The van der Waals surface area contributed by atoms with Crippen molar-refractivity contribution in [2.24, 2.45) is 0 Å².